The molecular weight excluding hydrogens is 352 g/mol. The molecule has 0 aliphatic carbocycles. The van der Waals surface area contributed by atoms with Gasteiger partial charge < -0.3 is 19.3 Å². The first-order chi connectivity index (χ1) is 13.6. The first-order valence-electron chi connectivity index (χ1n) is 9.26. The van der Waals surface area contributed by atoms with E-state index in [0.29, 0.717) is 0 Å². The Hall–Kier alpha value is -2.82. The molecule has 146 valence electrons. The van der Waals surface area contributed by atoms with Crippen LogP contribution >= 0.6 is 0 Å². The minimum atomic E-state index is -0.878. The van der Waals surface area contributed by atoms with Crippen LogP contribution in [0.5, 0.6) is 11.5 Å². The van der Waals surface area contributed by atoms with Gasteiger partial charge in [0.25, 0.3) is 0 Å². The predicted octanol–water partition coefficient (Wildman–Crippen LogP) is 4.39. The molecule has 0 aliphatic rings. The summed E-state index contributed by atoms with van der Waals surface area (Å²) in [4.78, 5) is 0. The maximum absolute atomic E-state index is 9.96. The highest BCUT2D eigenvalue weighted by Crippen LogP contribution is 2.41. The van der Waals surface area contributed by atoms with E-state index < -0.39 is 11.7 Å². The second-order valence-electron chi connectivity index (χ2n) is 6.66. The van der Waals surface area contributed by atoms with Crippen molar-refractivity contribution in [3.8, 4) is 11.5 Å². The standard InChI is InChI=1S/C24H26O4/c1-18(25)17-28-24(19-7-5-4-6-8-19,20-9-13-22(26-2)14-10-20)21-11-15-23(27-3)16-12-21/h4-16,18,25H,17H2,1-3H3. The van der Waals surface area contributed by atoms with Crippen LogP contribution in [0.3, 0.4) is 0 Å². The average molecular weight is 378 g/mol. The third-order valence-electron chi connectivity index (χ3n) is 4.71. The van der Waals surface area contributed by atoms with Crippen LogP contribution in [0, 0.1) is 0 Å². The van der Waals surface area contributed by atoms with Crippen LogP contribution in [0.25, 0.3) is 0 Å². The lowest BCUT2D eigenvalue weighted by atomic mass is 9.80. The van der Waals surface area contributed by atoms with Gasteiger partial charge in [0.2, 0.25) is 0 Å². The summed E-state index contributed by atoms with van der Waals surface area (Å²) in [6.07, 6.45) is -0.598. The van der Waals surface area contributed by atoms with E-state index in [-0.39, 0.29) is 6.61 Å². The van der Waals surface area contributed by atoms with E-state index in [9.17, 15) is 5.11 Å². The van der Waals surface area contributed by atoms with E-state index in [0.717, 1.165) is 28.2 Å². The number of methoxy groups -OCH3 is 2. The molecule has 0 aliphatic heterocycles. The van der Waals surface area contributed by atoms with Crippen molar-refractivity contribution >= 4 is 0 Å². The summed E-state index contributed by atoms with van der Waals surface area (Å²) >= 11 is 0. The van der Waals surface area contributed by atoms with Crippen molar-refractivity contribution in [2.24, 2.45) is 0 Å². The van der Waals surface area contributed by atoms with E-state index in [1.807, 2.05) is 78.9 Å². The fraction of sp³-hybridized carbons (Fsp3) is 0.250. The quantitative estimate of drug-likeness (QED) is 0.591. The Bertz CT molecular complexity index is 808. The van der Waals surface area contributed by atoms with Crippen molar-refractivity contribution in [1.82, 2.24) is 0 Å². The second-order valence-corrected chi connectivity index (χ2v) is 6.66. The highest BCUT2D eigenvalue weighted by atomic mass is 16.5. The molecule has 0 amide bonds. The molecule has 1 unspecified atom stereocenters. The summed E-state index contributed by atoms with van der Waals surface area (Å²) in [7, 11) is 3.29. The summed E-state index contributed by atoms with van der Waals surface area (Å²) in [6.45, 7) is 1.91. The third-order valence-corrected chi connectivity index (χ3v) is 4.71. The van der Waals surface area contributed by atoms with Crippen LogP contribution in [0.4, 0.5) is 0 Å². The largest absolute Gasteiger partial charge is 0.497 e. The summed E-state index contributed by atoms with van der Waals surface area (Å²) < 4.78 is 17.1. The van der Waals surface area contributed by atoms with E-state index in [4.69, 9.17) is 14.2 Å². The summed E-state index contributed by atoms with van der Waals surface area (Å²) in [5.41, 5.74) is 2.00. The van der Waals surface area contributed by atoms with Gasteiger partial charge in [-0.05, 0) is 47.9 Å². The summed E-state index contributed by atoms with van der Waals surface area (Å²) in [5, 5.41) is 9.96. The Kier molecular flexibility index (Phi) is 6.34. The van der Waals surface area contributed by atoms with Gasteiger partial charge in [-0.3, -0.25) is 0 Å². The van der Waals surface area contributed by atoms with Crippen molar-refractivity contribution in [2.45, 2.75) is 18.6 Å². The maximum Gasteiger partial charge on any atom is 0.143 e. The number of rotatable bonds is 8. The number of aliphatic hydroxyl groups excluding tert-OH is 1. The molecule has 28 heavy (non-hydrogen) atoms. The fourth-order valence-corrected chi connectivity index (χ4v) is 3.32. The minimum Gasteiger partial charge on any atom is -0.497 e. The second kappa shape index (κ2) is 8.91. The zero-order valence-electron chi connectivity index (χ0n) is 16.5. The molecule has 0 spiro atoms. The monoisotopic (exact) mass is 378 g/mol. The highest BCUT2D eigenvalue weighted by molar-refractivity contribution is 5.49. The van der Waals surface area contributed by atoms with Crippen molar-refractivity contribution in [3.63, 3.8) is 0 Å². The van der Waals surface area contributed by atoms with Gasteiger partial charge in [-0.2, -0.15) is 0 Å². The smallest absolute Gasteiger partial charge is 0.143 e. The highest BCUT2D eigenvalue weighted by Gasteiger charge is 2.38. The SMILES string of the molecule is COc1ccc(C(OCC(C)O)(c2ccccc2)c2ccc(OC)cc2)cc1. The zero-order chi connectivity index (χ0) is 20.0. The molecule has 0 saturated carbocycles. The molecule has 1 atom stereocenters. The lowest BCUT2D eigenvalue weighted by Gasteiger charge is -2.36. The van der Waals surface area contributed by atoms with Gasteiger partial charge >= 0.3 is 0 Å². The molecule has 3 aromatic rings. The van der Waals surface area contributed by atoms with E-state index in [1.165, 1.54) is 0 Å². The normalized spacial score (nSPS) is 12.4. The van der Waals surface area contributed by atoms with Crippen LogP contribution < -0.4 is 9.47 Å². The molecular formula is C24H26O4. The Morgan fingerprint density at radius 2 is 1.14 bits per heavy atom. The molecule has 4 nitrogen and oxygen atoms in total. The number of ether oxygens (including phenoxy) is 3. The summed E-state index contributed by atoms with van der Waals surface area (Å²) in [5.74, 6) is 1.55. The van der Waals surface area contributed by atoms with Crippen molar-refractivity contribution in [1.29, 1.82) is 0 Å². The molecule has 0 aromatic heterocycles. The molecule has 0 bridgehead atoms. The molecule has 3 rings (SSSR count). The first kappa shape index (κ1) is 19.9. The number of hydrogen-bond donors (Lipinski definition) is 1. The van der Waals surface area contributed by atoms with Gasteiger partial charge in [-0.25, -0.2) is 0 Å². The third kappa shape index (κ3) is 4.03. The molecule has 1 N–H and O–H groups in total. The van der Waals surface area contributed by atoms with Gasteiger partial charge in [0, 0.05) is 0 Å². The van der Waals surface area contributed by atoms with Crippen LogP contribution in [0.15, 0.2) is 78.9 Å². The Balaban J connectivity index is 2.23. The Morgan fingerprint density at radius 3 is 1.54 bits per heavy atom. The zero-order valence-corrected chi connectivity index (χ0v) is 16.5. The van der Waals surface area contributed by atoms with Crippen molar-refractivity contribution in [2.75, 3.05) is 20.8 Å². The van der Waals surface area contributed by atoms with Gasteiger partial charge in [0.05, 0.1) is 26.9 Å². The van der Waals surface area contributed by atoms with Crippen molar-refractivity contribution in [3.05, 3.63) is 95.6 Å². The Morgan fingerprint density at radius 1 is 0.714 bits per heavy atom. The summed E-state index contributed by atoms with van der Waals surface area (Å²) in [6, 6.07) is 25.7. The minimum absolute atomic E-state index is 0.187. The molecule has 0 heterocycles. The lowest BCUT2D eigenvalue weighted by Crippen LogP contribution is -2.35. The van der Waals surface area contributed by atoms with Gasteiger partial charge in [-0.15, -0.1) is 0 Å². The van der Waals surface area contributed by atoms with Gasteiger partial charge in [-0.1, -0.05) is 54.6 Å². The molecule has 3 aromatic carbocycles. The fourth-order valence-electron chi connectivity index (χ4n) is 3.32. The van der Waals surface area contributed by atoms with Crippen LogP contribution in [0.2, 0.25) is 0 Å². The van der Waals surface area contributed by atoms with E-state index in [2.05, 4.69) is 0 Å². The lowest BCUT2D eigenvalue weighted by molar-refractivity contribution is -0.0325. The van der Waals surface area contributed by atoms with Gasteiger partial charge in [0.1, 0.15) is 17.1 Å². The van der Waals surface area contributed by atoms with E-state index >= 15 is 0 Å². The molecule has 4 heteroatoms. The van der Waals surface area contributed by atoms with Crippen molar-refractivity contribution < 1.29 is 19.3 Å². The maximum atomic E-state index is 9.96. The molecule has 0 saturated heterocycles. The van der Waals surface area contributed by atoms with Crippen LogP contribution in [0.1, 0.15) is 23.6 Å². The molecule has 0 fully saturated rings. The topological polar surface area (TPSA) is 47.9 Å². The Labute approximate surface area is 166 Å². The van der Waals surface area contributed by atoms with E-state index in [1.54, 1.807) is 21.1 Å². The van der Waals surface area contributed by atoms with Crippen LogP contribution in [-0.4, -0.2) is 32.0 Å². The van der Waals surface area contributed by atoms with Crippen LogP contribution in [-0.2, 0) is 10.3 Å². The number of aliphatic hydroxyl groups is 1. The number of benzene rings is 3. The molecule has 0 radical (unpaired) electrons. The van der Waals surface area contributed by atoms with Gasteiger partial charge in [0.15, 0.2) is 0 Å². The average Bonchev–Trinajstić information content (AvgIpc) is 2.75. The number of hydrogen-bond acceptors (Lipinski definition) is 4. The predicted molar refractivity (Wildman–Crippen MR) is 110 cm³/mol. The first-order valence-corrected chi connectivity index (χ1v) is 9.26.